The van der Waals surface area contributed by atoms with Gasteiger partial charge in [0.15, 0.2) is 0 Å². The van der Waals surface area contributed by atoms with Crippen LogP contribution in [-0.4, -0.2) is 69.3 Å². The van der Waals surface area contributed by atoms with Crippen molar-refractivity contribution in [3.05, 3.63) is 0 Å². The Morgan fingerprint density at radius 1 is 1.13 bits per heavy atom. The van der Waals surface area contributed by atoms with Crippen molar-refractivity contribution in [1.82, 2.24) is 15.1 Å². The molecular weight excluding hydrogens is 310 g/mol. The van der Waals surface area contributed by atoms with Gasteiger partial charge in [-0.2, -0.15) is 0 Å². The van der Waals surface area contributed by atoms with Crippen LogP contribution < -0.4 is 5.32 Å². The maximum Gasteiger partial charge on any atom is 0.317 e. The van der Waals surface area contributed by atoms with E-state index >= 15 is 0 Å². The highest BCUT2D eigenvalue weighted by molar-refractivity contribution is 7.85. The minimum absolute atomic E-state index is 0.0657. The summed E-state index contributed by atoms with van der Waals surface area (Å²) in [5.41, 5.74) is 0. The molecule has 6 heteroatoms. The van der Waals surface area contributed by atoms with E-state index in [9.17, 15) is 9.00 Å². The van der Waals surface area contributed by atoms with E-state index in [-0.39, 0.29) is 17.3 Å². The number of urea groups is 1. The van der Waals surface area contributed by atoms with Gasteiger partial charge in [0.25, 0.3) is 0 Å². The average molecular weight is 342 g/mol. The quantitative estimate of drug-likeness (QED) is 0.853. The Morgan fingerprint density at radius 2 is 1.87 bits per heavy atom. The molecule has 0 radical (unpaired) electrons. The second kappa shape index (κ2) is 7.51. The van der Waals surface area contributed by atoms with Crippen molar-refractivity contribution in [2.45, 2.75) is 75.2 Å². The van der Waals surface area contributed by atoms with Crippen LogP contribution in [0.5, 0.6) is 0 Å². The summed E-state index contributed by atoms with van der Waals surface area (Å²) in [5.74, 6) is 0.690. The van der Waals surface area contributed by atoms with Gasteiger partial charge in [-0.05, 0) is 39.2 Å². The van der Waals surface area contributed by atoms with E-state index in [0.717, 1.165) is 45.2 Å². The minimum atomic E-state index is -0.817. The van der Waals surface area contributed by atoms with Crippen molar-refractivity contribution in [1.29, 1.82) is 0 Å². The van der Waals surface area contributed by atoms with E-state index in [1.54, 1.807) is 0 Å². The molecule has 2 amide bonds. The van der Waals surface area contributed by atoms with Gasteiger partial charge in [-0.15, -0.1) is 0 Å². The Balaban J connectivity index is 1.60. The zero-order chi connectivity index (χ0) is 16.4. The predicted octanol–water partition coefficient (Wildman–Crippen LogP) is 1.94. The summed E-state index contributed by atoms with van der Waals surface area (Å²) in [4.78, 5) is 17.2. The van der Waals surface area contributed by atoms with E-state index < -0.39 is 10.8 Å². The van der Waals surface area contributed by atoms with Crippen LogP contribution in [0.2, 0.25) is 0 Å². The van der Waals surface area contributed by atoms with Crippen molar-refractivity contribution >= 4 is 16.8 Å². The monoisotopic (exact) mass is 341 g/mol. The highest BCUT2D eigenvalue weighted by atomic mass is 32.2. The molecule has 1 saturated carbocycles. The maximum atomic E-state index is 12.8. The van der Waals surface area contributed by atoms with Crippen molar-refractivity contribution in [3.63, 3.8) is 0 Å². The summed E-state index contributed by atoms with van der Waals surface area (Å²) in [5, 5.41) is 3.37. The van der Waals surface area contributed by atoms with Crippen LogP contribution in [0, 0.1) is 0 Å². The summed E-state index contributed by atoms with van der Waals surface area (Å²) in [6.45, 7) is 3.67. The Hall–Kier alpha value is -0.620. The molecule has 2 heterocycles. The lowest BCUT2D eigenvalue weighted by Crippen LogP contribution is -2.53. The molecule has 5 nitrogen and oxygen atoms in total. The van der Waals surface area contributed by atoms with Gasteiger partial charge in [0, 0.05) is 47.8 Å². The average Bonchev–Trinajstić information content (AvgIpc) is 2.79. The van der Waals surface area contributed by atoms with Crippen LogP contribution in [0.4, 0.5) is 4.79 Å². The molecule has 0 aromatic carbocycles. The molecule has 3 aliphatic rings. The fourth-order valence-corrected chi connectivity index (χ4v) is 5.96. The molecule has 1 N–H and O–H groups in total. The van der Waals surface area contributed by atoms with Crippen LogP contribution in [0.1, 0.15) is 51.9 Å². The lowest BCUT2D eigenvalue weighted by Gasteiger charge is -2.34. The third kappa shape index (κ3) is 3.73. The smallest absolute Gasteiger partial charge is 0.317 e. The van der Waals surface area contributed by atoms with Crippen molar-refractivity contribution in [2.75, 3.05) is 25.9 Å². The molecule has 0 spiro atoms. The normalized spacial score (nSPS) is 36.5. The third-order valence-electron chi connectivity index (χ3n) is 6.07. The molecule has 2 aliphatic heterocycles. The van der Waals surface area contributed by atoms with Gasteiger partial charge in [-0.25, -0.2) is 4.79 Å². The number of nitrogens with one attached hydrogen (secondary N) is 1. The van der Waals surface area contributed by atoms with E-state index in [1.165, 1.54) is 12.8 Å². The fourth-order valence-electron chi connectivity index (χ4n) is 4.53. The predicted molar refractivity (Wildman–Crippen MR) is 94.0 cm³/mol. The Labute approximate surface area is 142 Å². The number of hydrogen-bond acceptors (Lipinski definition) is 3. The number of likely N-dealkylation sites (tertiary alicyclic amines) is 1. The molecule has 132 valence electrons. The first-order chi connectivity index (χ1) is 11.1. The lowest BCUT2D eigenvalue weighted by molar-refractivity contribution is 0.182. The van der Waals surface area contributed by atoms with E-state index in [4.69, 9.17) is 0 Å². The highest BCUT2D eigenvalue weighted by Crippen LogP contribution is 2.29. The third-order valence-corrected chi connectivity index (χ3v) is 7.88. The van der Waals surface area contributed by atoms with Gasteiger partial charge in [0.2, 0.25) is 0 Å². The number of carbonyl (C=O) groups excluding carboxylic acids is 1. The zero-order valence-corrected chi connectivity index (χ0v) is 15.3. The van der Waals surface area contributed by atoms with Gasteiger partial charge >= 0.3 is 6.03 Å². The molecule has 0 aromatic heterocycles. The molecule has 3 rings (SSSR count). The number of amides is 2. The topological polar surface area (TPSA) is 52.7 Å². The first kappa shape index (κ1) is 17.2. The van der Waals surface area contributed by atoms with Gasteiger partial charge in [-0.3, -0.25) is 9.11 Å². The second-order valence-electron chi connectivity index (χ2n) is 7.33. The molecule has 2 saturated heterocycles. The van der Waals surface area contributed by atoms with Gasteiger partial charge < -0.3 is 10.2 Å². The van der Waals surface area contributed by atoms with Crippen molar-refractivity contribution in [3.8, 4) is 0 Å². The second-order valence-corrected chi connectivity index (χ2v) is 9.28. The Morgan fingerprint density at radius 3 is 2.65 bits per heavy atom. The zero-order valence-electron chi connectivity index (χ0n) is 14.5. The molecule has 5 atom stereocenters. The number of nitrogens with zero attached hydrogens (tertiary/aromatic N) is 2. The SMILES string of the molecule is CCS(=O)C1CCCCC1NC(=O)N1CCC2CCC(C1)N2C. The van der Waals surface area contributed by atoms with E-state index in [2.05, 4.69) is 17.3 Å². The first-order valence-electron chi connectivity index (χ1n) is 9.24. The fraction of sp³-hybridized carbons (Fsp3) is 0.941. The summed E-state index contributed by atoms with van der Waals surface area (Å²) in [7, 11) is 1.38. The van der Waals surface area contributed by atoms with Crippen LogP contribution >= 0.6 is 0 Å². The van der Waals surface area contributed by atoms with E-state index in [1.807, 2.05) is 11.8 Å². The van der Waals surface area contributed by atoms with Gasteiger partial charge in [0.1, 0.15) is 0 Å². The van der Waals surface area contributed by atoms with Gasteiger partial charge in [-0.1, -0.05) is 19.8 Å². The number of rotatable bonds is 3. The first-order valence-corrected chi connectivity index (χ1v) is 10.6. The van der Waals surface area contributed by atoms with Crippen molar-refractivity contribution in [2.24, 2.45) is 0 Å². The molecule has 5 unspecified atom stereocenters. The summed E-state index contributed by atoms with van der Waals surface area (Å²) >= 11 is 0. The standard InChI is InChI=1S/C17H31N3O2S/c1-3-23(22)16-7-5-4-6-15(16)18-17(21)20-11-10-13-8-9-14(12-20)19(13)2/h13-16H,3-12H2,1-2H3,(H,18,21). The minimum Gasteiger partial charge on any atom is -0.334 e. The molecule has 2 bridgehead atoms. The molecule has 3 fully saturated rings. The number of carbonyl (C=O) groups is 1. The summed E-state index contributed by atoms with van der Waals surface area (Å²) < 4.78 is 12.3. The molecule has 1 aliphatic carbocycles. The van der Waals surface area contributed by atoms with Gasteiger partial charge in [0.05, 0.1) is 5.25 Å². The number of likely N-dealkylation sites (N-methyl/N-ethyl adjacent to an activating group) is 1. The highest BCUT2D eigenvalue weighted by Gasteiger charge is 2.37. The summed E-state index contributed by atoms with van der Waals surface area (Å²) in [6.07, 6.45) is 7.79. The Bertz CT molecular complexity index is 459. The number of hydrogen-bond donors (Lipinski definition) is 1. The van der Waals surface area contributed by atoms with Crippen LogP contribution in [0.25, 0.3) is 0 Å². The van der Waals surface area contributed by atoms with Crippen molar-refractivity contribution < 1.29 is 9.00 Å². The van der Waals surface area contributed by atoms with E-state index in [0.29, 0.717) is 17.8 Å². The molecule has 23 heavy (non-hydrogen) atoms. The maximum absolute atomic E-state index is 12.8. The molecular formula is C17H31N3O2S. The van der Waals surface area contributed by atoms with Crippen LogP contribution in [-0.2, 0) is 10.8 Å². The summed E-state index contributed by atoms with van der Waals surface area (Å²) in [6, 6.07) is 1.32. The lowest BCUT2D eigenvalue weighted by atomic mass is 9.95. The van der Waals surface area contributed by atoms with Crippen LogP contribution in [0.15, 0.2) is 0 Å². The Kier molecular flexibility index (Phi) is 5.62. The van der Waals surface area contributed by atoms with Crippen LogP contribution in [0.3, 0.4) is 0 Å². The molecule has 0 aromatic rings. The largest absolute Gasteiger partial charge is 0.334 e. The number of fused-ring (bicyclic) bond motifs is 2.